The summed E-state index contributed by atoms with van der Waals surface area (Å²) in [7, 11) is 0. The average Bonchev–Trinajstić information content (AvgIpc) is 2.53. The third-order valence-corrected chi connectivity index (χ3v) is 3.82. The second-order valence-corrected chi connectivity index (χ2v) is 5.84. The molecule has 0 fully saturated rings. The lowest BCUT2D eigenvalue weighted by Crippen LogP contribution is -2.31. The average molecular weight is 282 g/mol. The van der Waals surface area contributed by atoms with Crippen molar-refractivity contribution >= 4 is 5.82 Å². The van der Waals surface area contributed by atoms with E-state index in [4.69, 9.17) is 4.98 Å². The van der Waals surface area contributed by atoms with Gasteiger partial charge in [-0.2, -0.15) is 0 Å². The molecule has 1 aliphatic rings. The Morgan fingerprint density at radius 2 is 2.00 bits per heavy atom. The zero-order chi connectivity index (χ0) is 14.7. The van der Waals surface area contributed by atoms with Crippen molar-refractivity contribution in [2.24, 2.45) is 0 Å². The van der Waals surface area contributed by atoms with Gasteiger partial charge in [-0.1, -0.05) is 38.1 Å². The summed E-state index contributed by atoms with van der Waals surface area (Å²) in [5.74, 6) is 0.979. The monoisotopic (exact) mass is 282 g/mol. The Hall–Kier alpha value is -1.94. The van der Waals surface area contributed by atoms with Gasteiger partial charge in [0.05, 0.1) is 11.9 Å². The van der Waals surface area contributed by atoms with Crippen LogP contribution in [0.5, 0.6) is 0 Å². The number of anilines is 1. The van der Waals surface area contributed by atoms with Crippen molar-refractivity contribution in [3.63, 3.8) is 0 Å². The van der Waals surface area contributed by atoms with Crippen LogP contribution < -0.4 is 10.2 Å². The van der Waals surface area contributed by atoms with Crippen molar-refractivity contribution in [1.29, 1.82) is 0 Å². The van der Waals surface area contributed by atoms with Gasteiger partial charge in [-0.05, 0) is 17.5 Å². The Balaban J connectivity index is 1.74. The highest BCUT2D eigenvalue weighted by molar-refractivity contribution is 5.43. The van der Waals surface area contributed by atoms with E-state index in [0.717, 1.165) is 37.6 Å². The lowest BCUT2D eigenvalue weighted by molar-refractivity contribution is 0.579. The van der Waals surface area contributed by atoms with Crippen LogP contribution in [0.15, 0.2) is 36.7 Å². The molecule has 0 amide bonds. The maximum Gasteiger partial charge on any atom is 0.147 e. The summed E-state index contributed by atoms with van der Waals surface area (Å²) in [6.07, 6.45) is 4.79. The van der Waals surface area contributed by atoms with Crippen LogP contribution in [0, 0.1) is 0 Å². The van der Waals surface area contributed by atoms with Gasteiger partial charge < -0.3 is 10.2 Å². The highest BCUT2D eigenvalue weighted by Crippen LogP contribution is 2.22. The Morgan fingerprint density at radius 1 is 1.19 bits per heavy atom. The van der Waals surface area contributed by atoms with Gasteiger partial charge in [0.25, 0.3) is 0 Å². The Labute approximate surface area is 126 Å². The van der Waals surface area contributed by atoms with Gasteiger partial charge in [-0.3, -0.25) is 4.98 Å². The van der Waals surface area contributed by atoms with E-state index in [9.17, 15) is 0 Å². The van der Waals surface area contributed by atoms with Gasteiger partial charge in [0.2, 0.25) is 0 Å². The summed E-state index contributed by atoms with van der Waals surface area (Å²) in [5, 5.41) is 3.39. The van der Waals surface area contributed by atoms with Crippen LogP contribution in [0.2, 0.25) is 0 Å². The summed E-state index contributed by atoms with van der Waals surface area (Å²) in [6.45, 7) is 6.97. The van der Waals surface area contributed by atoms with Gasteiger partial charge in [-0.25, -0.2) is 4.98 Å². The fraction of sp³-hybridized carbons (Fsp3) is 0.412. The first kappa shape index (κ1) is 14.0. The fourth-order valence-electron chi connectivity index (χ4n) is 2.63. The van der Waals surface area contributed by atoms with Crippen LogP contribution >= 0.6 is 0 Å². The highest BCUT2D eigenvalue weighted by atomic mass is 15.2. The van der Waals surface area contributed by atoms with Gasteiger partial charge in [0.1, 0.15) is 5.82 Å². The number of rotatable bonds is 4. The second-order valence-electron chi connectivity index (χ2n) is 5.84. The van der Waals surface area contributed by atoms with Crippen molar-refractivity contribution in [1.82, 2.24) is 15.3 Å². The largest absolute Gasteiger partial charge is 0.351 e. The smallest absolute Gasteiger partial charge is 0.147 e. The SMILES string of the molecule is CC(C)NCc1cncc(N2CCc3ccccc3C2)n1. The van der Waals surface area contributed by atoms with Crippen molar-refractivity contribution in [3.05, 3.63) is 53.5 Å². The number of nitrogens with zero attached hydrogens (tertiary/aromatic N) is 3. The normalized spacial score (nSPS) is 14.3. The molecule has 0 atom stereocenters. The first-order chi connectivity index (χ1) is 10.2. The van der Waals surface area contributed by atoms with Gasteiger partial charge in [0, 0.05) is 31.9 Å². The molecule has 110 valence electrons. The number of fused-ring (bicyclic) bond motifs is 1. The minimum atomic E-state index is 0.456. The molecule has 2 heterocycles. The van der Waals surface area contributed by atoms with E-state index in [1.807, 2.05) is 12.4 Å². The quantitative estimate of drug-likeness (QED) is 0.935. The standard InChI is InChI=1S/C17H22N4/c1-13(2)19-10-16-9-18-11-17(20-16)21-8-7-14-5-3-4-6-15(14)12-21/h3-6,9,11,13,19H,7-8,10,12H2,1-2H3. The van der Waals surface area contributed by atoms with E-state index in [2.05, 4.69) is 53.3 Å². The molecule has 0 saturated heterocycles. The van der Waals surface area contributed by atoms with Gasteiger partial charge in [-0.15, -0.1) is 0 Å². The van der Waals surface area contributed by atoms with Crippen LogP contribution in [0.1, 0.15) is 30.7 Å². The summed E-state index contributed by atoms with van der Waals surface area (Å²) in [4.78, 5) is 11.4. The fourth-order valence-corrected chi connectivity index (χ4v) is 2.63. The van der Waals surface area contributed by atoms with Crippen molar-refractivity contribution in [3.8, 4) is 0 Å². The van der Waals surface area contributed by atoms with E-state index >= 15 is 0 Å². The molecule has 3 rings (SSSR count). The molecule has 1 aromatic heterocycles. The zero-order valence-electron chi connectivity index (χ0n) is 12.7. The first-order valence-corrected chi connectivity index (χ1v) is 7.58. The molecule has 1 aromatic carbocycles. The first-order valence-electron chi connectivity index (χ1n) is 7.58. The summed E-state index contributed by atoms with van der Waals surface area (Å²) in [5.41, 5.74) is 3.86. The third kappa shape index (κ3) is 3.39. The third-order valence-electron chi connectivity index (χ3n) is 3.82. The minimum Gasteiger partial charge on any atom is -0.351 e. The lowest BCUT2D eigenvalue weighted by Gasteiger charge is -2.29. The van der Waals surface area contributed by atoms with Crippen molar-refractivity contribution < 1.29 is 0 Å². The molecule has 4 nitrogen and oxygen atoms in total. The molecular weight excluding hydrogens is 260 g/mol. The van der Waals surface area contributed by atoms with Crippen LogP contribution in [0.3, 0.4) is 0 Å². The molecule has 0 bridgehead atoms. The van der Waals surface area contributed by atoms with E-state index < -0.39 is 0 Å². The van der Waals surface area contributed by atoms with E-state index in [-0.39, 0.29) is 0 Å². The maximum atomic E-state index is 4.74. The van der Waals surface area contributed by atoms with E-state index in [0.29, 0.717) is 6.04 Å². The van der Waals surface area contributed by atoms with Crippen molar-refractivity contribution in [2.75, 3.05) is 11.4 Å². The van der Waals surface area contributed by atoms with Gasteiger partial charge >= 0.3 is 0 Å². The predicted molar refractivity (Wildman–Crippen MR) is 85.2 cm³/mol. The number of aromatic nitrogens is 2. The van der Waals surface area contributed by atoms with Crippen LogP contribution in [0.4, 0.5) is 5.82 Å². The number of nitrogens with one attached hydrogen (secondary N) is 1. The highest BCUT2D eigenvalue weighted by Gasteiger charge is 2.17. The van der Waals surface area contributed by atoms with Crippen LogP contribution in [-0.2, 0) is 19.5 Å². The molecular formula is C17H22N4. The second kappa shape index (κ2) is 6.22. The molecule has 0 saturated carbocycles. The van der Waals surface area contributed by atoms with Gasteiger partial charge in [0.15, 0.2) is 0 Å². The number of benzene rings is 1. The molecule has 1 N–H and O–H groups in total. The van der Waals surface area contributed by atoms with E-state index in [1.54, 1.807) is 0 Å². The van der Waals surface area contributed by atoms with Crippen LogP contribution in [0.25, 0.3) is 0 Å². The number of hydrogen-bond acceptors (Lipinski definition) is 4. The molecule has 2 aromatic rings. The number of hydrogen-bond donors (Lipinski definition) is 1. The Morgan fingerprint density at radius 3 is 2.81 bits per heavy atom. The molecule has 0 radical (unpaired) electrons. The van der Waals surface area contributed by atoms with Crippen molar-refractivity contribution in [2.45, 2.75) is 39.4 Å². The summed E-state index contributed by atoms with van der Waals surface area (Å²) in [6, 6.07) is 9.11. The molecule has 1 aliphatic heterocycles. The zero-order valence-corrected chi connectivity index (χ0v) is 12.7. The summed E-state index contributed by atoms with van der Waals surface area (Å²) < 4.78 is 0. The topological polar surface area (TPSA) is 41.1 Å². The molecule has 0 spiro atoms. The maximum absolute atomic E-state index is 4.74. The molecule has 21 heavy (non-hydrogen) atoms. The predicted octanol–water partition coefficient (Wildman–Crippen LogP) is 2.54. The molecule has 4 heteroatoms. The Kier molecular flexibility index (Phi) is 4.15. The molecule has 0 unspecified atom stereocenters. The van der Waals surface area contributed by atoms with E-state index in [1.165, 1.54) is 11.1 Å². The Bertz CT molecular complexity index is 609. The minimum absolute atomic E-state index is 0.456. The molecule has 0 aliphatic carbocycles. The van der Waals surface area contributed by atoms with Crippen LogP contribution in [-0.4, -0.2) is 22.6 Å². The lowest BCUT2D eigenvalue weighted by atomic mass is 10.0. The summed E-state index contributed by atoms with van der Waals surface area (Å²) >= 11 is 0.